The highest BCUT2D eigenvalue weighted by Crippen LogP contribution is 2.28. The van der Waals surface area contributed by atoms with E-state index in [1.54, 1.807) is 0 Å². The van der Waals surface area contributed by atoms with Gasteiger partial charge in [-0.3, -0.25) is 4.79 Å². The quantitative estimate of drug-likeness (QED) is 0.880. The summed E-state index contributed by atoms with van der Waals surface area (Å²) in [7, 11) is 0. The Labute approximate surface area is 149 Å². The summed E-state index contributed by atoms with van der Waals surface area (Å²) in [6.07, 6.45) is 4.95. The standard InChI is InChI=1S/C19H19F2N3O2/c20-11-1-5-16(6-2-11)26-19-17(7-12(21)10-22-19)18(25)24-15-8-13-3-4-14(9-15)23-13/h1-2,5-7,10,13-15,23H,3-4,8-9H2,(H,24,25)/t13-,14+,15?. The minimum absolute atomic E-state index is 0.00702. The number of hydrogen-bond donors (Lipinski definition) is 2. The number of rotatable bonds is 4. The Hall–Kier alpha value is -2.54. The summed E-state index contributed by atoms with van der Waals surface area (Å²) in [5, 5.41) is 6.48. The van der Waals surface area contributed by atoms with Crippen molar-refractivity contribution in [1.29, 1.82) is 0 Å². The van der Waals surface area contributed by atoms with Crippen molar-refractivity contribution in [3.05, 3.63) is 53.7 Å². The smallest absolute Gasteiger partial charge is 0.257 e. The van der Waals surface area contributed by atoms with E-state index >= 15 is 0 Å². The Balaban J connectivity index is 1.52. The summed E-state index contributed by atoms with van der Waals surface area (Å²) in [5.41, 5.74) is 0.0280. The maximum atomic E-state index is 13.7. The second-order valence-electron chi connectivity index (χ2n) is 6.84. The summed E-state index contributed by atoms with van der Waals surface area (Å²) in [5.74, 6) is -1.12. The molecule has 1 aromatic heterocycles. The molecule has 2 aliphatic rings. The van der Waals surface area contributed by atoms with E-state index < -0.39 is 17.5 Å². The summed E-state index contributed by atoms with van der Waals surface area (Å²) < 4.78 is 32.2. The molecule has 0 radical (unpaired) electrons. The number of ether oxygens (including phenoxy) is 1. The molecule has 1 amide bonds. The number of aromatic nitrogens is 1. The highest BCUT2D eigenvalue weighted by Gasteiger charge is 2.34. The lowest BCUT2D eigenvalue weighted by molar-refractivity contribution is 0.0920. The minimum atomic E-state index is -0.619. The molecule has 2 N–H and O–H groups in total. The van der Waals surface area contributed by atoms with Crippen molar-refractivity contribution in [3.8, 4) is 11.6 Å². The fourth-order valence-electron chi connectivity index (χ4n) is 3.72. The molecule has 7 heteroatoms. The van der Waals surface area contributed by atoms with E-state index in [0.29, 0.717) is 17.8 Å². The van der Waals surface area contributed by atoms with Crippen LogP contribution in [0.2, 0.25) is 0 Å². The van der Waals surface area contributed by atoms with Crippen LogP contribution in [0, 0.1) is 11.6 Å². The van der Waals surface area contributed by atoms with Gasteiger partial charge in [0.15, 0.2) is 0 Å². The minimum Gasteiger partial charge on any atom is -0.438 e. The number of pyridine rings is 1. The first-order valence-corrected chi connectivity index (χ1v) is 8.73. The molecule has 3 heterocycles. The van der Waals surface area contributed by atoms with Crippen LogP contribution in [0.1, 0.15) is 36.0 Å². The largest absolute Gasteiger partial charge is 0.438 e. The summed E-state index contributed by atoms with van der Waals surface area (Å²) in [4.78, 5) is 16.6. The number of amides is 1. The molecule has 2 fully saturated rings. The van der Waals surface area contributed by atoms with E-state index in [9.17, 15) is 13.6 Å². The van der Waals surface area contributed by atoms with Crippen molar-refractivity contribution in [1.82, 2.24) is 15.6 Å². The van der Waals surface area contributed by atoms with Crippen LogP contribution in [0.25, 0.3) is 0 Å². The van der Waals surface area contributed by atoms with Crippen LogP contribution in [0.5, 0.6) is 11.6 Å². The van der Waals surface area contributed by atoms with E-state index in [2.05, 4.69) is 15.6 Å². The number of hydrogen-bond acceptors (Lipinski definition) is 4. The van der Waals surface area contributed by atoms with Gasteiger partial charge in [0.25, 0.3) is 5.91 Å². The van der Waals surface area contributed by atoms with Crippen molar-refractivity contribution >= 4 is 5.91 Å². The van der Waals surface area contributed by atoms with Gasteiger partial charge in [-0.25, -0.2) is 13.8 Å². The zero-order chi connectivity index (χ0) is 18.1. The maximum Gasteiger partial charge on any atom is 0.257 e. The molecule has 1 aromatic carbocycles. The number of carbonyl (C=O) groups excluding carboxylic acids is 1. The van der Waals surface area contributed by atoms with Crippen LogP contribution >= 0.6 is 0 Å². The zero-order valence-corrected chi connectivity index (χ0v) is 14.0. The van der Waals surface area contributed by atoms with Gasteiger partial charge in [0.05, 0.1) is 6.20 Å². The molecule has 2 saturated heterocycles. The lowest BCUT2D eigenvalue weighted by Crippen LogP contribution is -2.48. The van der Waals surface area contributed by atoms with Gasteiger partial charge in [0.1, 0.15) is 22.9 Å². The molecular weight excluding hydrogens is 340 g/mol. The van der Waals surface area contributed by atoms with Crippen molar-refractivity contribution in [2.75, 3.05) is 0 Å². The number of benzene rings is 1. The number of halogens is 2. The fourth-order valence-corrected chi connectivity index (χ4v) is 3.72. The van der Waals surface area contributed by atoms with Gasteiger partial charge < -0.3 is 15.4 Å². The van der Waals surface area contributed by atoms with Crippen LogP contribution in [0.3, 0.4) is 0 Å². The van der Waals surface area contributed by atoms with Crippen LogP contribution < -0.4 is 15.4 Å². The average molecular weight is 359 g/mol. The molecular formula is C19H19F2N3O2. The van der Waals surface area contributed by atoms with E-state index in [1.807, 2.05) is 0 Å². The Bertz CT molecular complexity index is 801. The van der Waals surface area contributed by atoms with E-state index in [4.69, 9.17) is 4.74 Å². The van der Waals surface area contributed by atoms with Gasteiger partial charge >= 0.3 is 0 Å². The molecule has 4 rings (SSSR count). The zero-order valence-electron chi connectivity index (χ0n) is 14.0. The Morgan fingerprint density at radius 1 is 1.12 bits per heavy atom. The third kappa shape index (κ3) is 3.67. The Morgan fingerprint density at radius 3 is 2.50 bits per heavy atom. The summed E-state index contributed by atoms with van der Waals surface area (Å²) in [6.45, 7) is 0. The first-order chi connectivity index (χ1) is 12.6. The number of nitrogens with one attached hydrogen (secondary N) is 2. The monoisotopic (exact) mass is 359 g/mol. The van der Waals surface area contributed by atoms with Crippen molar-refractivity contribution < 1.29 is 18.3 Å². The lowest BCUT2D eigenvalue weighted by atomic mass is 9.99. The van der Waals surface area contributed by atoms with Gasteiger partial charge in [-0.15, -0.1) is 0 Å². The van der Waals surface area contributed by atoms with Crippen LogP contribution in [-0.2, 0) is 0 Å². The molecule has 136 valence electrons. The molecule has 0 aliphatic carbocycles. The van der Waals surface area contributed by atoms with Gasteiger partial charge in [-0.1, -0.05) is 0 Å². The van der Waals surface area contributed by atoms with E-state index in [1.165, 1.54) is 24.3 Å². The van der Waals surface area contributed by atoms with Crippen LogP contribution in [0.15, 0.2) is 36.5 Å². The van der Waals surface area contributed by atoms with Crippen LogP contribution in [0.4, 0.5) is 8.78 Å². The average Bonchev–Trinajstić information content (AvgIpc) is 2.97. The van der Waals surface area contributed by atoms with Gasteiger partial charge in [-0.2, -0.15) is 0 Å². The topological polar surface area (TPSA) is 63.2 Å². The second-order valence-corrected chi connectivity index (χ2v) is 6.84. The van der Waals surface area contributed by atoms with E-state index in [0.717, 1.165) is 37.9 Å². The summed E-state index contributed by atoms with van der Waals surface area (Å²) in [6, 6.07) is 7.34. The lowest BCUT2D eigenvalue weighted by Gasteiger charge is -2.29. The predicted octanol–water partition coefficient (Wildman–Crippen LogP) is 3.16. The number of piperidine rings is 1. The molecule has 1 unspecified atom stereocenters. The van der Waals surface area contributed by atoms with Gasteiger partial charge in [-0.05, 0) is 56.0 Å². The molecule has 26 heavy (non-hydrogen) atoms. The van der Waals surface area contributed by atoms with Crippen molar-refractivity contribution in [2.24, 2.45) is 0 Å². The third-order valence-corrected chi connectivity index (χ3v) is 4.90. The molecule has 0 spiro atoms. The predicted molar refractivity (Wildman–Crippen MR) is 91.1 cm³/mol. The second kappa shape index (κ2) is 6.99. The molecule has 2 aliphatic heterocycles. The van der Waals surface area contributed by atoms with Crippen molar-refractivity contribution in [2.45, 2.75) is 43.8 Å². The first kappa shape index (κ1) is 16.9. The number of nitrogens with zero attached hydrogens (tertiary/aromatic N) is 1. The molecule has 3 atom stereocenters. The Morgan fingerprint density at radius 2 is 1.81 bits per heavy atom. The number of fused-ring (bicyclic) bond motifs is 2. The maximum absolute atomic E-state index is 13.7. The highest BCUT2D eigenvalue weighted by atomic mass is 19.1. The normalized spacial score (nSPS) is 24.3. The molecule has 5 nitrogen and oxygen atoms in total. The molecule has 2 aromatic rings. The van der Waals surface area contributed by atoms with Gasteiger partial charge in [0, 0.05) is 18.1 Å². The van der Waals surface area contributed by atoms with Gasteiger partial charge in [0.2, 0.25) is 5.88 Å². The van der Waals surface area contributed by atoms with E-state index in [-0.39, 0.29) is 17.5 Å². The Kier molecular flexibility index (Phi) is 4.55. The fraction of sp³-hybridized carbons (Fsp3) is 0.368. The highest BCUT2D eigenvalue weighted by molar-refractivity contribution is 5.96. The molecule has 2 bridgehead atoms. The summed E-state index contributed by atoms with van der Waals surface area (Å²) >= 11 is 0. The SMILES string of the molecule is O=C(NC1C[C@H]2CC[C@@H](C1)N2)c1cc(F)cnc1Oc1ccc(F)cc1. The molecule has 0 saturated carbocycles. The first-order valence-electron chi connectivity index (χ1n) is 8.73. The third-order valence-electron chi connectivity index (χ3n) is 4.90. The van der Waals surface area contributed by atoms with Crippen molar-refractivity contribution in [3.63, 3.8) is 0 Å². The van der Waals surface area contributed by atoms with Crippen LogP contribution in [-0.4, -0.2) is 29.0 Å². The number of carbonyl (C=O) groups is 1.